The molecule has 0 spiro atoms. The molecule has 0 amide bonds. The minimum absolute atomic E-state index is 0.468. The van der Waals surface area contributed by atoms with Gasteiger partial charge in [0.1, 0.15) is 0 Å². The van der Waals surface area contributed by atoms with Crippen molar-refractivity contribution in [3.05, 3.63) is 0 Å². The summed E-state index contributed by atoms with van der Waals surface area (Å²) in [5, 5.41) is 8.56. The van der Waals surface area contributed by atoms with Crippen molar-refractivity contribution < 1.29 is 19.4 Å². The van der Waals surface area contributed by atoms with E-state index in [-0.39, 0.29) is 0 Å². The summed E-state index contributed by atoms with van der Waals surface area (Å²) in [6.07, 6.45) is 1.27. The van der Waals surface area contributed by atoms with E-state index in [4.69, 9.17) is 14.6 Å². The molecule has 1 rings (SSSR count). The van der Waals surface area contributed by atoms with Crippen LogP contribution >= 0.6 is 0 Å². The van der Waals surface area contributed by atoms with Crippen molar-refractivity contribution in [2.24, 2.45) is 5.92 Å². The highest BCUT2D eigenvalue weighted by molar-refractivity contribution is 5.71. The Morgan fingerprint density at radius 1 is 1.62 bits per heavy atom. The van der Waals surface area contributed by atoms with Crippen LogP contribution in [0.1, 0.15) is 19.8 Å². The van der Waals surface area contributed by atoms with Crippen LogP contribution in [0.4, 0.5) is 0 Å². The van der Waals surface area contributed by atoms with E-state index in [1.54, 1.807) is 6.92 Å². The molecule has 1 fully saturated rings. The van der Waals surface area contributed by atoms with Crippen LogP contribution in [0, 0.1) is 5.92 Å². The van der Waals surface area contributed by atoms with E-state index in [9.17, 15) is 4.79 Å². The zero-order valence-electron chi connectivity index (χ0n) is 7.86. The zero-order valence-corrected chi connectivity index (χ0v) is 7.86. The summed E-state index contributed by atoms with van der Waals surface area (Å²) in [7, 11) is 0. The van der Waals surface area contributed by atoms with Gasteiger partial charge in [-0.3, -0.25) is 0 Å². The molecule has 4 heteroatoms. The minimum Gasteiger partial charge on any atom is -0.479 e. The topological polar surface area (TPSA) is 55.8 Å². The monoisotopic (exact) mass is 188 g/mol. The van der Waals surface area contributed by atoms with Crippen molar-refractivity contribution in [3.63, 3.8) is 0 Å². The Hall–Kier alpha value is -0.610. The number of carboxylic acid groups (broad SMARTS) is 1. The predicted molar refractivity (Wildman–Crippen MR) is 46.6 cm³/mol. The summed E-state index contributed by atoms with van der Waals surface area (Å²) in [5.41, 5.74) is 0. The van der Waals surface area contributed by atoms with Crippen LogP contribution < -0.4 is 0 Å². The fourth-order valence-corrected chi connectivity index (χ4v) is 1.26. The van der Waals surface area contributed by atoms with Crippen LogP contribution in [0.25, 0.3) is 0 Å². The van der Waals surface area contributed by atoms with Crippen molar-refractivity contribution in [1.82, 2.24) is 0 Å². The van der Waals surface area contributed by atoms with Crippen molar-refractivity contribution >= 4 is 5.97 Å². The molecule has 13 heavy (non-hydrogen) atoms. The molecule has 0 aromatic heterocycles. The summed E-state index contributed by atoms with van der Waals surface area (Å²) < 4.78 is 10.4. The summed E-state index contributed by atoms with van der Waals surface area (Å²) in [6.45, 7) is 3.64. The Kier molecular flexibility index (Phi) is 4.18. The number of aliphatic carboxylic acids is 1. The average Bonchev–Trinajstić information content (AvgIpc) is 2.15. The normalized spacial score (nSPS) is 21.3. The third kappa shape index (κ3) is 3.74. The van der Waals surface area contributed by atoms with Gasteiger partial charge in [0, 0.05) is 13.2 Å². The number of ether oxygens (including phenoxy) is 2. The molecule has 0 radical (unpaired) electrons. The summed E-state index contributed by atoms with van der Waals surface area (Å²) in [6, 6.07) is 0. The van der Waals surface area contributed by atoms with Crippen LogP contribution in [0.2, 0.25) is 0 Å². The number of hydrogen-bond donors (Lipinski definition) is 1. The zero-order chi connectivity index (χ0) is 9.68. The van der Waals surface area contributed by atoms with E-state index < -0.39 is 12.1 Å². The molecule has 1 atom stereocenters. The van der Waals surface area contributed by atoms with Gasteiger partial charge in [-0.25, -0.2) is 4.79 Å². The molecule has 76 valence electrons. The molecule has 0 bridgehead atoms. The number of carboxylic acids is 1. The van der Waals surface area contributed by atoms with Gasteiger partial charge in [-0.1, -0.05) is 0 Å². The first-order chi connectivity index (χ1) is 6.20. The third-order valence-electron chi connectivity index (χ3n) is 2.27. The molecule has 1 N–H and O–H groups in total. The molecular weight excluding hydrogens is 172 g/mol. The van der Waals surface area contributed by atoms with Crippen LogP contribution in [-0.2, 0) is 14.3 Å². The highest BCUT2D eigenvalue weighted by Crippen LogP contribution is 2.15. The maximum Gasteiger partial charge on any atom is 0.332 e. The first kappa shape index (κ1) is 10.5. The van der Waals surface area contributed by atoms with Gasteiger partial charge in [-0.2, -0.15) is 0 Å². The molecular formula is C9H16O4. The Morgan fingerprint density at radius 3 is 2.77 bits per heavy atom. The lowest BCUT2D eigenvalue weighted by atomic mass is 10.0. The van der Waals surface area contributed by atoms with Crippen molar-refractivity contribution in [1.29, 1.82) is 0 Å². The molecule has 0 saturated carbocycles. The van der Waals surface area contributed by atoms with E-state index in [0.717, 1.165) is 26.1 Å². The first-order valence-corrected chi connectivity index (χ1v) is 4.62. The quantitative estimate of drug-likeness (QED) is 0.712. The Morgan fingerprint density at radius 2 is 2.23 bits per heavy atom. The van der Waals surface area contributed by atoms with E-state index in [2.05, 4.69) is 0 Å². The van der Waals surface area contributed by atoms with Gasteiger partial charge < -0.3 is 14.6 Å². The van der Waals surface area contributed by atoms with Gasteiger partial charge in [0.05, 0.1) is 6.61 Å². The first-order valence-electron chi connectivity index (χ1n) is 4.62. The van der Waals surface area contributed by atoms with Gasteiger partial charge in [0.25, 0.3) is 0 Å². The molecule has 1 aliphatic heterocycles. The standard InChI is InChI=1S/C9H16O4/c1-7(9(10)11)13-6-8-2-4-12-5-3-8/h7-8H,2-6H2,1H3,(H,10,11)/t7-/m0/s1. The molecule has 1 heterocycles. The molecule has 0 aliphatic carbocycles. The molecule has 1 aliphatic rings. The van der Waals surface area contributed by atoms with Crippen LogP contribution in [0.5, 0.6) is 0 Å². The Labute approximate surface area is 77.8 Å². The lowest BCUT2D eigenvalue weighted by Crippen LogP contribution is -2.26. The summed E-state index contributed by atoms with van der Waals surface area (Å²) >= 11 is 0. The fourth-order valence-electron chi connectivity index (χ4n) is 1.26. The summed E-state index contributed by atoms with van der Waals surface area (Å²) in [4.78, 5) is 10.4. The van der Waals surface area contributed by atoms with Gasteiger partial charge >= 0.3 is 5.97 Å². The highest BCUT2D eigenvalue weighted by atomic mass is 16.5. The Bertz CT molecular complexity index is 163. The molecule has 0 aromatic rings. The van der Waals surface area contributed by atoms with Crippen molar-refractivity contribution in [3.8, 4) is 0 Å². The van der Waals surface area contributed by atoms with Gasteiger partial charge in [0.2, 0.25) is 0 Å². The van der Waals surface area contributed by atoms with Gasteiger partial charge in [-0.15, -0.1) is 0 Å². The van der Waals surface area contributed by atoms with Gasteiger partial charge in [0.15, 0.2) is 6.10 Å². The fraction of sp³-hybridized carbons (Fsp3) is 0.889. The Balaban J connectivity index is 2.13. The maximum absolute atomic E-state index is 10.4. The largest absolute Gasteiger partial charge is 0.479 e. The van der Waals surface area contributed by atoms with Crippen molar-refractivity contribution in [2.45, 2.75) is 25.9 Å². The van der Waals surface area contributed by atoms with Crippen LogP contribution in [-0.4, -0.2) is 37.0 Å². The molecule has 1 saturated heterocycles. The predicted octanol–water partition coefficient (Wildman–Crippen LogP) is 0.903. The second-order valence-electron chi connectivity index (χ2n) is 3.37. The van der Waals surface area contributed by atoms with Crippen LogP contribution in [0.3, 0.4) is 0 Å². The lowest BCUT2D eigenvalue weighted by Gasteiger charge is -2.22. The second kappa shape index (κ2) is 5.19. The number of hydrogen-bond acceptors (Lipinski definition) is 3. The highest BCUT2D eigenvalue weighted by Gasteiger charge is 2.17. The third-order valence-corrected chi connectivity index (χ3v) is 2.27. The van der Waals surface area contributed by atoms with E-state index in [1.165, 1.54) is 0 Å². The SMILES string of the molecule is C[C@H](OCC1CCOCC1)C(=O)O. The minimum atomic E-state index is -0.896. The molecule has 4 nitrogen and oxygen atoms in total. The van der Waals surface area contributed by atoms with Crippen LogP contribution in [0.15, 0.2) is 0 Å². The summed E-state index contributed by atoms with van der Waals surface area (Å²) in [5.74, 6) is -0.428. The van der Waals surface area contributed by atoms with E-state index in [0.29, 0.717) is 12.5 Å². The van der Waals surface area contributed by atoms with E-state index in [1.807, 2.05) is 0 Å². The van der Waals surface area contributed by atoms with Gasteiger partial charge in [-0.05, 0) is 25.7 Å². The number of rotatable bonds is 4. The maximum atomic E-state index is 10.4. The number of carbonyl (C=O) groups is 1. The van der Waals surface area contributed by atoms with Crippen molar-refractivity contribution in [2.75, 3.05) is 19.8 Å². The average molecular weight is 188 g/mol. The smallest absolute Gasteiger partial charge is 0.332 e. The second-order valence-corrected chi connectivity index (χ2v) is 3.37. The van der Waals surface area contributed by atoms with E-state index >= 15 is 0 Å². The lowest BCUT2D eigenvalue weighted by molar-refractivity contribution is -0.150. The molecule has 0 unspecified atom stereocenters. The molecule has 0 aromatic carbocycles.